The first-order valence-electron chi connectivity index (χ1n) is 6.85. The average Bonchev–Trinajstić information content (AvgIpc) is 2.86. The third-order valence-electron chi connectivity index (χ3n) is 2.92. The Morgan fingerprint density at radius 1 is 1.30 bits per heavy atom. The lowest BCUT2D eigenvalue weighted by molar-refractivity contribution is 0.270. The molecule has 0 bridgehead atoms. The van der Waals surface area contributed by atoms with Gasteiger partial charge < -0.3 is 14.5 Å². The summed E-state index contributed by atoms with van der Waals surface area (Å²) in [5.74, 6) is 1.48. The molecule has 0 saturated heterocycles. The summed E-state index contributed by atoms with van der Waals surface area (Å²) in [5, 5.41) is 3.96. The van der Waals surface area contributed by atoms with E-state index in [0.29, 0.717) is 17.4 Å². The minimum atomic E-state index is 0.385. The van der Waals surface area contributed by atoms with Crippen molar-refractivity contribution in [3.63, 3.8) is 0 Å². The van der Waals surface area contributed by atoms with E-state index in [1.807, 2.05) is 31.2 Å². The van der Waals surface area contributed by atoms with Crippen LogP contribution in [0, 0.1) is 6.92 Å². The molecule has 0 unspecified atom stereocenters. The maximum Gasteiger partial charge on any atom is 0.146 e. The Balaban J connectivity index is 1.87. The number of benzene rings is 1. The Labute approximate surface area is 124 Å². The largest absolute Gasteiger partial charge is 0.484 e. The first kappa shape index (κ1) is 14.9. The zero-order chi connectivity index (χ0) is 14.4. The summed E-state index contributed by atoms with van der Waals surface area (Å²) in [5.41, 5.74) is 2.25. The summed E-state index contributed by atoms with van der Waals surface area (Å²) in [6, 6.07) is 7.75. The molecule has 1 heterocycles. The molecule has 3 nitrogen and oxygen atoms in total. The van der Waals surface area contributed by atoms with Gasteiger partial charge >= 0.3 is 0 Å². The molecule has 0 saturated carbocycles. The number of hydrogen-bond donors (Lipinski definition) is 1. The monoisotopic (exact) mass is 293 g/mol. The molecular formula is C16H20ClNO2. The van der Waals surface area contributed by atoms with Crippen molar-refractivity contribution in [2.24, 2.45) is 0 Å². The fourth-order valence-electron chi connectivity index (χ4n) is 1.88. The third-order valence-corrected chi connectivity index (χ3v) is 3.22. The summed E-state index contributed by atoms with van der Waals surface area (Å²) < 4.78 is 11.1. The molecule has 0 atom stereocenters. The molecule has 2 aromatic rings. The average molecular weight is 294 g/mol. The molecule has 0 aliphatic carbocycles. The van der Waals surface area contributed by atoms with Gasteiger partial charge in [0.25, 0.3) is 0 Å². The van der Waals surface area contributed by atoms with Gasteiger partial charge in [-0.1, -0.05) is 24.6 Å². The van der Waals surface area contributed by atoms with Gasteiger partial charge in [-0.3, -0.25) is 0 Å². The Bertz CT molecular complexity index is 551. The molecule has 1 aromatic carbocycles. The van der Waals surface area contributed by atoms with Gasteiger partial charge in [-0.15, -0.1) is 0 Å². The summed E-state index contributed by atoms with van der Waals surface area (Å²) in [4.78, 5) is 0. The lowest BCUT2D eigenvalue weighted by Gasteiger charge is -2.06. The zero-order valence-corrected chi connectivity index (χ0v) is 12.7. The molecule has 20 heavy (non-hydrogen) atoms. The minimum absolute atomic E-state index is 0.385. The topological polar surface area (TPSA) is 34.4 Å². The lowest BCUT2D eigenvalue weighted by Crippen LogP contribution is -2.13. The normalized spacial score (nSPS) is 10.8. The number of aryl methyl sites for hydroxylation is 1. The smallest absolute Gasteiger partial charge is 0.146 e. The van der Waals surface area contributed by atoms with Crippen LogP contribution in [0.3, 0.4) is 0 Å². The second kappa shape index (κ2) is 7.36. The zero-order valence-electron chi connectivity index (χ0n) is 11.9. The van der Waals surface area contributed by atoms with Crippen molar-refractivity contribution in [2.75, 3.05) is 6.54 Å². The van der Waals surface area contributed by atoms with Crippen molar-refractivity contribution in [2.45, 2.75) is 33.4 Å². The number of ether oxygens (including phenoxy) is 1. The quantitative estimate of drug-likeness (QED) is 0.772. The van der Waals surface area contributed by atoms with E-state index >= 15 is 0 Å². The highest BCUT2D eigenvalue weighted by atomic mass is 35.5. The maximum absolute atomic E-state index is 6.12. The highest BCUT2D eigenvalue weighted by Gasteiger charge is 2.05. The van der Waals surface area contributed by atoms with Gasteiger partial charge in [-0.2, -0.15) is 0 Å². The van der Waals surface area contributed by atoms with Crippen molar-refractivity contribution < 1.29 is 9.15 Å². The van der Waals surface area contributed by atoms with Crippen LogP contribution in [0.25, 0.3) is 0 Å². The molecule has 1 aromatic heterocycles. The second-order valence-electron chi connectivity index (χ2n) is 4.82. The fourth-order valence-corrected chi connectivity index (χ4v) is 2.17. The van der Waals surface area contributed by atoms with Gasteiger partial charge in [0.05, 0.1) is 11.3 Å². The molecule has 4 heteroatoms. The molecule has 2 rings (SSSR count). The van der Waals surface area contributed by atoms with Crippen LogP contribution in [-0.2, 0) is 13.2 Å². The van der Waals surface area contributed by atoms with E-state index in [9.17, 15) is 0 Å². The number of hydrogen-bond acceptors (Lipinski definition) is 3. The second-order valence-corrected chi connectivity index (χ2v) is 5.23. The number of nitrogens with one attached hydrogen (secondary N) is 1. The molecule has 0 radical (unpaired) electrons. The van der Waals surface area contributed by atoms with E-state index in [-0.39, 0.29) is 0 Å². The molecule has 108 valence electrons. The van der Waals surface area contributed by atoms with Crippen LogP contribution in [0.15, 0.2) is 34.9 Å². The molecular weight excluding hydrogens is 274 g/mol. The van der Waals surface area contributed by atoms with Crippen LogP contribution in [0.5, 0.6) is 5.75 Å². The minimum Gasteiger partial charge on any atom is -0.484 e. The SMILES string of the molecule is CCCNCc1coc(COc2ccc(C)cc2Cl)c1. The first-order chi connectivity index (χ1) is 9.69. The van der Waals surface area contributed by atoms with E-state index < -0.39 is 0 Å². The summed E-state index contributed by atoms with van der Waals surface area (Å²) in [7, 11) is 0. The van der Waals surface area contributed by atoms with Crippen molar-refractivity contribution >= 4 is 11.6 Å². The van der Waals surface area contributed by atoms with Crippen molar-refractivity contribution in [1.29, 1.82) is 0 Å². The van der Waals surface area contributed by atoms with Crippen molar-refractivity contribution in [3.05, 3.63) is 52.4 Å². The summed E-state index contributed by atoms with van der Waals surface area (Å²) in [6.45, 7) is 6.36. The fraction of sp³-hybridized carbons (Fsp3) is 0.375. The highest BCUT2D eigenvalue weighted by Crippen LogP contribution is 2.26. The van der Waals surface area contributed by atoms with Gasteiger partial charge in [0.1, 0.15) is 18.1 Å². The van der Waals surface area contributed by atoms with E-state index in [0.717, 1.165) is 36.4 Å². The van der Waals surface area contributed by atoms with Crippen molar-refractivity contribution in [3.8, 4) is 5.75 Å². The lowest BCUT2D eigenvalue weighted by atomic mass is 10.2. The Kier molecular flexibility index (Phi) is 5.50. The van der Waals surface area contributed by atoms with Crippen LogP contribution < -0.4 is 10.1 Å². The molecule has 1 N–H and O–H groups in total. The maximum atomic E-state index is 6.12. The predicted octanol–water partition coefficient (Wildman–Crippen LogP) is 4.32. The molecule has 0 fully saturated rings. The number of rotatable bonds is 7. The molecule has 0 amide bonds. The molecule has 0 aliphatic heterocycles. The van der Waals surface area contributed by atoms with Gasteiger partial charge in [-0.25, -0.2) is 0 Å². The van der Waals surface area contributed by atoms with Crippen LogP contribution in [0.4, 0.5) is 0 Å². The van der Waals surface area contributed by atoms with E-state index in [1.54, 1.807) is 6.26 Å². The van der Waals surface area contributed by atoms with Gasteiger partial charge in [-0.05, 0) is 43.7 Å². The van der Waals surface area contributed by atoms with Gasteiger partial charge in [0.2, 0.25) is 0 Å². The van der Waals surface area contributed by atoms with E-state index in [4.69, 9.17) is 20.8 Å². The predicted molar refractivity (Wildman–Crippen MR) is 81.2 cm³/mol. The Morgan fingerprint density at radius 3 is 2.90 bits per heavy atom. The van der Waals surface area contributed by atoms with Crippen LogP contribution in [0.2, 0.25) is 5.02 Å². The summed E-state index contributed by atoms with van der Waals surface area (Å²) in [6.07, 6.45) is 2.89. The van der Waals surface area contributed by atoms with E-state index in [2.05, 4.69) is 12.2 Å². The van der Waals surface area contributed by atoms with Crippen LogP contribution >= 0.6 is 11.6 Å². The highest BCUT2D eigenvalue weighted by molar-refractivity contribution is 6.32. The van der Waals surface area contributed by atoms with Crippen LogP contribution in [0.1, 0.15) is 30.2 Å². The first-order valence-corrected chi connectivity index (χ1v) is 7.22. The Morgan fingerprint density at radius 2 is 2.15 bits per heavy atom. The van der Waals surface area contributed by atoms with Gasteiger partial charge in [0, 0.05) is 12.1 Å². The summed E-state index contributed by atoms with van der Waals surface area (Å²) >= 11 is 6.12. The molecule has 0 spiro atoms. The van der Waals surface area contributed by atoms with Gasteiger partial charge in [0.15, 0.2) is 0 Å². The third kappa shape index (κ3) is 4.29. The van der Waals surface area contributed by atoms with Crippen molar-refractivity contribution in [1.82, 2.24) is 5.32 Å². The van der Waals surface area contributed by atoms with E-state index in [1.165, 1.54) is 0 Å². The van der Waals surface area contributed by atoms with Crippen LogP contribution in [-0.4, -0.2) is 6.54 Å². The standard InChI is InChI=1S/C16H20ClNO2/c1-3-6-18-9-13-8-14(19-10-13)11-20-16-5-4-12(2)7-15(16)17/h4-5,7-8,10,18H,3,6,9,11H2,1-2H3. The number of furan rings is 1. The Hall–Kier alpha value is -1.45. The molecule has 0 aliphatic rings. The number of halogens is 1.